The average Bonchev–Trinajstić information content (AvgIpc) is 2.77. The molecule has 1 fully saturated rings. The largest absolute Gasteiger partial charge is 0.367 e. The number of aromatic nitrogens is 1. The van der Waals surface area contributed by atoms with E-state index in [1.807, 2.05) is 6.20 Å². The van der Waals surface area contributed by atoms with E-state index in [2.05, 4.69) is 17.2 Å². The predicted molar refractivity (Wildman–Crippen MR) is 54.5 cm³/mol. The molecule has 13 heavy (non-hydrogen) atoms. The number of H-pyrrole nitrogens is 1. The van der Waals surface area contributed by atoms with E-state index in [0.717, 1.165) is 13.0 Å². The second-order valence-electron chi connectivity index (χ2n) is 4.31. The van der Waals surface area contributed by atoms with Gasteiger partial charge in [-0.15, -0.1) is 0 Å². The number of hydrogen-bond donors (Lipinski definition) is 2. The van der Waals surface area contributed by atoms with Crippen LogP contribution in [0.4, 0.5) is 0 Å². The van der Waals surface area contributed by atoms with E-state index >= 15 is 0 Å². The van der Waals surface area contributed by atoms with Crippen molar-refractivity contribution in [1.82, 2.24) is 4.98 Å². The molecule has 72 valence electrons. The normalized spacial score (nSPS) is 20.7. The molecular weight excluding hydrogens is 160 g/mol. The second kappa shape index (κ2) is 3.54. The summed E-state index contributed by atoms with van der Waals surface area (Å²) >= 11 is 0. The minimum absolute atomic E-state index is 0.419. The van der Waals surface area contributed by atoms with Crippen molar-refractivity contribution in [2.45, 2.75) is 32.1 Å². The van der Waals surface area contributed by atoms with Crippen LogP contribution in [0.15, 0.2) is 18.5 Å². The van der Waals surface area contributed by atoms with Gasteiger partial charge in [-0.3, -0.25) is 0 Å². The molecule has 2 heteroatoms. The summed E-state index contributed by atoms with van der Waals surface area (Å²) in [5.74, 6) is 0. The van der Waals surface area contributed by atoms with Crippen LogP contribution in [0.1, 0.15) is 31.2 Å². The standard InChI is InChI=1S/C11H18N2/c12-9-11(4-1-2-5-11)7-10-3-6-13-8-10/h3,6,8,13H,1-2,4-5,7,9,12H2. The fourth-order valence-electron chi connectivity index (χ4n) is 2.48. The van der Waals surface area contributed by atoms with Crippen LogP contribution in [0.5, 0.6) is 0 Å². The zero-order valence-corrected chi connectivity index (χ0v) is 8.05. The third-order valence-corrected chi connectivity index (χ3v) is 3.34. The average molecular weight is 178 g/mol. The monoisotopic (exact) mass is 178 g/mol. The van der Waals surface area contributed by atoms with Crippen LogP contribution < -0.4 is 5.73 Å². The molecule has 0 spiro atoms. The third kappa shape index (κ3) is 1.78. The van der Waals surface area contributed by atoms with Crippen molar-refractivity contribution in [1.29, 1.82) is 0 Å². The lowest BCUT2D eigenvalue weighted by Crippen LogP contribution is -2.29. The summed E-state index contributed by atoms with van der Waals surface area (Å²) < 4.78 is 0. The topological polar surface area (TPSA) is 41.8 Å². The number of nitrogens with one attached hydrogen (secondary N) is 1. The van der Waals surface area contributed by atoms with E-state index in [0.29, 0.717) is 5.41 Å². The van der Waals surface area contributed by atoms with Gasteiger partial charge in [0.2, 0.25) is 0 Å². The summed E-state index contributed by atoms with van der Waals surface area (Å²) in [5.41, 5.74) is 7.70. The molecule has 1 aromatic rings. The zero-order valence-electron chi connectivity index (χ0n) is 8.05. The molecule has 0 atom stereocenters. The van der Waals surface area contributed by atoms with Crippen LogP contribution in [0.2, 0.25) is 0 Å². The number of nitrogens with two attached hydrogens (primary N) is 1. The van der Waals surface area contributed by atoms with Gasteiger partial charge in [0, 0.05) is 12.4 Å². The third-order valence-electron chi connectivity index (χ3n) is 3.34. The van der Waals surface area contributed by atoms with E-state index < -0.39 is 0 Å². The fraction of sp³-hybridized carbons (Fsp3) is 0.636. The Morgan fingerprint density at radius 3 is 2.69 bits per heavy atom. The number of rotatable bonds is 3. The van der Waals surface area contributed by atoms with Gasteiger partial charge < -0.3 is 10.7 Å². The van der Waals surface area contributed by atoms with Crippen molar-refractivity contribution >= 4 is 0 Å². The highest BCUT2D eigenvalue weighted by Gasteiger charge is 2.32. The first-order chi connectivity index (χ1) is 6.35. The Hall–Kier alpha value is -0.760. The van der Waals surface area contributed by atoms with Crippen molar-refractivity contribution < 1.29 is 0 Å². The Bertz CT molecular complexity index is 245. The highest BCUT2D eigenvalue weighted by molar-refractivity contribution is 5.12. The Morgan fingerprint density at radius 2 is 2.15 bits per heavy atom. The molecule has 2 rings (SSSR count). The van der Waals surface area contributed by atoms with Crippen molar-refractivity contribution in [3.8, 4) is 0 Å². The summed E-state index contributed by atoms with van der Waals surface area (Å²) in [6.45, 7) is 0.845. The van der Waals surface area contributed by atoms with E-state index in [4.69, 9.17) is 5.73 Å². The molecule has 1 aliphatic carbocycles. The summed E-state index contributed by atoms with van der Waals surface area (Å²) in [5, 5.41) is 0. The maximum Gasteiger partial charge on any atom is 0.00375 e. The molecule has 1 aliphatic rings. The van der Waals surface area contributed by atoms with Gasteiger partial charge in [0.1, 0.15) is 0 Å². The van der Waals surface area contributed by atoms with Gasteiger partial charge in [0.15, 0.2) is 0 Å². The van der Waals surface area contributed by atoms with E-state index in [-0.39, 0.29) is 0 Å². The smallest absolute Gasteiger partial charge is 0.00375 e. The van der Waals surface area contributed by atoms with Crippen LogP contribution in [0, 0.1) is 5.41 Å². The molecule has 0 saturated heterocycles. The molecule has 0 aliphatic heterocycles. The maximum atomic E-state index is 5.88. The Labute approximate surface area is 79.5 Å². The Balaban J connectivity index is 2.06. The van der Waals surface area contributed by atoms with Gasteiger partial charge in [-0.1, -0.05) is 12.8 Å². The zero-order chi connectivity index (χ0) is 9.15. The quantitative estimate of drug-likeness (QED) is 0.731. The van der Waals surface area contributed by atoms with Crippen molar-refractivity contribution in [2.75, 3.05) is 6.54 Å². The van der Waals surface area contributed by atoms with Gasteiger partial charge >= 0.3 is 0 Å². The second-order valence-corrected chi connectivity index (χ2v) is 4.31. The summed E-state index contributed by atoms with van der Waals surface area (Å²) in [4.78, 5) is 3.10. The molecule has 1 aromatic heterocycles. The lowest BCUT2D eigenvalue weighted by atomic mass is 9.81. The minimum Gasteiger partial charge on any atom is -0.367 e. The molecule has 0 radical (unpaired) electrons. The molecule has 0 bridgehead atoms. The highest BCUT2D eigenvalue weighted by atomic mass is 14.6. The predicted octanol–water partition coefficient (Wildman–Crippen LogP) is 2.08. The van der Waals surface area contributed by atoms with Crippen molar-refractivity contribution in [3.63, 3.8) is 0 Å². The summed E-state index contributed by atoms with van der Waals surface area (Å²) in [7, 11) is 0. The summed E-state index contributed by atoms with van der Waals surface area (Å²) in [6, 6.07) is 2.16. The van der Waals surface area contributed by atoms with E-state index in [1.54, 1.807) is 0 Å². The number of hydrogen-bond acceptors (Lipinski definition) is 1. The maximum absolute atomic E-state index is 5.88. The lowest BCUT2D eigenvalue weighted by molar-refractivity contribution is 0.307. The van der Waals surface area contributed by atoms with Gasteiger partial charge in [-0.05, 0) is 42.9 Å². The van der Waals surface area contributed by atoms with E-state index in [1.165, 1.54) is 31.2 Å². The molecule has 2 nitrogen and oxygen atoms in total. The molecule has 0 amide bonds. The van der Waals surface area contributed by atoms with Crippen LogP contribution in [-0.4, -0.2) is 11.5 Å². The van der Waals surface area contributed by atoms with Gasteiger partial charge in [0.05, 0.1) is 0 Å². The first kappa shape index (κ1) is 8.82. The Morgan fingerprint density at radius 1 is 1.38 bits per heavy atom. The Kier molecular flexibility index (Phi) is 2.40. The SMILES string of the molecule is NCC1(Cc2cc[nH]c2)CCCC1. The van der Waals surface area contributed by atoms with E-state index in [9.17, 15) is 0 Å². The highest BCUT2D eigenvalue weighted by Crippen LogP contribution is 2.39. The molecule has 1 heterocycles. The minimum atomic E-state index is 0.419. The van der Waals surface area contributed by atoms with Gasteiger partial charge in [-0.25, -0.2) is 0 Å². The lowest BCUT2D eigenvalue weighted by Gasteiger charge is -2.26. The van der Waals surface area contributed by atoms with Crippen molar-refractivity contribution in [2.24, 2.45) is 11.1 Å². The number of aromatic amines is 1. The molecule has 3 N–H and O–H groups in total. The van der Waals surface area contributed by atoms with Crippen LogP contribution in [-0.2, 0) is 6.42 Å². The molecule has 0 unspecified atom stereocenters. The van der Waals surface area contributed by atoms with Crippen LogP contribution in [0.3, 0.4) is 0 Å². The first-order valence-electron chi connectivity index (χ1n) is 5.16. The molecular formula is C11H18N2. The first-order valence-corrected chi connectivity index (χ1v) is 5.16. The fourth-order valence-corrected chi connectivity index (χ4v) is 2.48. The van der Waals surface area contributed by atoms with Crippen molar-refractivity contribution in [3.05, 3.63) is 24.0 Å². The van der Waals surface area contributed by atoms with Gasteiger partial charge in [0.25, 0.3) is 0 Å². The molecule has 0 aromatic carbocycles. The van der Waals surface area contributed by atoms with Crippen LogP contribution in [0.25, 0.3) is 0 Å². The summed E-state index contributed by atoms with van der Waals surface area (Å²) in [6.07, 6.45) is 10.6. The molecule has 1 saturated carbocycles. The van der Waals surface area contributed by atoms with Gasteiger partial charge in [-0.2, -0.15) is 0 Å². The van der Waals surface area contributed by atoms with Crippen LogP contribution >= 0.6 is 0 Å².